The van der Waals surface area contributed by atoms with Crippen LogP contribution < -0.4 is 10.6 Å². The monoisotopic (exact) mass is 599 g/mol. The average molecular weight is 602 g/mol. The van der Waals surface area contributed by atoms with Gasteiger partial charge in [-0.2, -0.15) is 5.10 Å². The summed E-state index contributed by atoms with van der Waals surface area (Å²) in [6, 6.07) is 8.02. The molecule has 1 aromatic carbocycles. The SMILES string of the molecule is O=C(NCCC1CC1)c1cc(Cl)cc(Br)c1NC(=O)c1cc(Br)nn1-c1ncccc1Cl. The number of amides is 2. The van der Waals surface area contributed by atoms with Crippen molar-refractivity contribution in [1.29, 1.82) is 0 Å². The maximum absolute atomic E-state index is 13.2. The Kier molecular flexibility index (Phi) is 7.19. The number of nitrogens with one attached hydrogen (secondary N) is 2. The summed E-state index contributed by atoms with van der Waals surface area (Å²) in [5.41, 5.74) is 0.744. The van der Waals surface area contributed by atoms with Crippen molar-refractivity contribution in [1.82, 2.24) is 20.1 Å². The van der Waals surface area contributed by atoms with Crippen molar-refractivity contribution in [3.05, 3.63) is 66.9 Å². The predicted molar refractivity (Wildman–Crippen MR) is 131 cm³/mol. The fraction of sp³-hybridized carbons (Fsp3) is 0.238. The van der Waals surface area contributed by atoms with Crippen molar-refractivity contribution in [2.24, 2.45) is 5.92 Å². The summed E-state index contributed by atoms with van der Waals surface area (Å²) in [4.78, 5) is 30.3. The van der Waals surface area contributed by atoms with Gasteiger partial charge in [-0.3, -0.25) is 9.59 Å². The number of pyridine rings is 1. The Balaban J connectivity index is 1.62. The quantitative estimate of drug-likeness (QED) is 0.354. The van der Waals surface area contributed by atoms with Crippen LogP contribution in [0.15, 0.2) is 45.6 Å². The third-order valence-electron chi connectivity index (χ3n) is 4.93. The van der Waals surface area contributed by atoms with Gasteiger partial charge in [0.05, 0.1) is 16.3 Å². The molecule has 1 aliphatic rings. The number of rotatable bonds is 7. The highest BCUT2D eigenvalue weighted by Crippen LogP contribution is 2.33. The highest BCUT2D eigenvalue weighted by molar-refractivity contribution is 9.10. The highest BCUT2D eigenvalue weighted by atomic mass is 79.9. The number of aromatic nitrogens is 3. The molecule has 166 valence electrons. The Morgan fingerprint density at radius 3 is 2.66 bits per heavy atom. The van der Waals surface area contributed by atoms with E-state index in [4.69, 9.17) is 23.2 Å². The Morgan fingerprint density at radius 2 is 1.94 bits per heavy atom. The fourth-order valence-electron chi connectivity index (χ4n) is 3.16. The van der Waals surface area contributed by atoms with Crippen molar-refractivity contribution in [3.8, 4) is 5.82 Å². The first kappa shape index (κ1) is 23.2. The topological polar surface area (TPSA) is 88.9 Å². The molecule has 0 unspecified atom stereocenters. The second kappa shape index (κ2) is 9.91. The fourth-order valence-corrected chi connectivity index (χ4v) is 4.64. The molecule has 32 heavy (non-hydrogen) atoms. The largest absolute Gasteiger partial charge is 0.352 e. The lowest BCUT2D eigenvalue weighted by molar-refractivity contribution is 0.0953. The maximum Gasteiger partial charge on any atom is 0.274 e. The van der Waals surface area contributed by atoms with Crippen LogP contribution in [0, 0.1) is 5.92 Å². The van der Waals surface area contributed by atoms with Crippen LogP contribution in [0.2, 0.25) is 10.0 Å². The lowest BCUT2D eigenvalue weighted by Crippen LogP contribution is -2.27. The molecule has 11 heteroatoms. The van der Waals surface area contributed by atoms with E-state index in [2.05, 4.69) is 52.6 Å². The third-order valence-corrected chi connectivity index (χ3v) is 6.45. The van der Waals surface area contributed by atoms with Gasteiger partial charge in [0.2, 0.25) is 0 Å². The molecule has 2 aromatic heterocycles. The molecular weight excluding hydrogens is 585 g/mol. The summed E-state index contributed by atoms with van der Waals surface area (Å²) < 4.78 is 2.24. The average Bonchev–Trinajstić information content (AvgIpc) is 3.49. The van der Waals surface area contributed by atoms with E-state index in [1.165, 1.54) is 23.6 Å². The van der Waals surface area contributed by atoms with Crippen LogP contribution in [0.3, 0.4) is 0 Å². The molecule has 2 amide bonds. The van der Waals surface area contributed by atoms with Crippen LogP contribution in [-0.4, -0.2) is 33.1 Å². The lowest BCUT2D eigenvalue weighted by atomic mass is 10.1. The number of halogens is 4. The van der Waals surface area contributed by atoms with Gasteiger partial charge in [0.1, 0.15) is 10.3 Å². The summed E-state index contributed by atoms with van der Waals surface area (Å²) in [7, 11) is 0. The lowest BCUT2D eigenvalue weighted by Gasteiger charge is -2.15. The summed E-state index contributed by atoms with van der Waals surface area (Å²) >= 11 is 19.1. The molecular formula is C21H17Br2Cl2N5O2. The Bertz CT molecular complexity index is 1200. The minimum absolute atomic E-state index is 0.180. The zero-order chi connectivity index (χ0) is 22.8. The molecule has 0 bridgehead atoms. The molecule has 2 heterocycles. The van der Waals surface area contributed by atoms with Gasteiger partial charge in [-0.05, 0) is 68.5 Å². The van der Waals surface area contributed by atoms with Crippen molar-refractivity contribution < 1.29 is 9.59 Å². The second-order valence-corrected chi connectivity index (χ2v) is 9.84. The first-order valence-electron chi connectivity index (χ1n) is 9.78. The van der Waals surface area contributed by atoms with Crippen molar-refractivity contribution in [2.45, 2.75) is 19.3 Å². The minimum Gasteiger partial charge on any atom is -0.352 e. The summed E-state index contributed by atoms with van der Waals surface area (Å²) in [6.45, 7) is 0.568. The van der Waals surface area contributed by atoms with Gasteiger partial charge in [0.15, 0.2) is 5.82 Å². The van der Waals surface area contributed by atoms with E-state index in [1.54, 1.807) is 30.5 Å². The van der Waals surface area contributed by atoms with Crippen LogP contribution in [0.5, 0.6) is 0 Å². The number of hydrogen-bond acceptors (Lipinski definition) is 4. The summed E-state index contributed by atoms with van der Waals surface area (Å²) in [6.07, 6.45) is 4.92. The van der Waals surface area contributed by atoms with E-state index in [0.29, 0.717) is 43.1 Å². The number of anilines is 1. The molecule has 7 nitrogen and oxygen atoms in total. The van der Waals surface area contributed by atoms with Gasteiger partial charge < -0.3 is 10.6 Å². The third kappa shape index (κ3) is 5.33. The molecule has 1 fully saturated rings. The van der Waals surface area contributed by atoms with E-state index in [-0.39, 0.29) is 17.2 Å². The smallest absolute Gasteiger partial charge is 0.274 e. The van der Waals surface area contributed by atoms with E-state index in [9.17, 15) is 9.59 Å². The van der Waals surface area contributed by atoms with Crippen molar-refractivity contribution in [2.75, 3.05) is 11.9 Å². The first-order valence-corrected chi connectivity index (χ1v) is 12.1. The van der Waals surface area contributed by atoms with Crippen LogP contribution in [0.1, 0.15) is 40.1 Å². The van der Waals surface area contributed by atoms with Gasteiger partial charge in [0, 0.05) is 28.3 Å². The van der Waals surface area contributed by atoms with E-state index >= 15 is 0 Å². The molecule has 2 N–H and O–H groups in total. The number of hydrogen-bond donors (Lipinski definition) is 2. The number of carbonyl (C=O) groups excluding carboxylic acids is 2. The van der Waals surface area contributed by atoms with Gasteiger partial charge in [-0.1, -0.05) is 36.0 Å². The van der Waals surface area contributed by atoms with Crippen molar-refractivity contribution >= 4 is 72.6 Å². The van der Waals surface area contributed by atoms with Crippen LogP contribution in [-0.2, 0) is 0 Å². The Morgan fingerprint density at radius 1 is 1.16 bits per heavy atom. The maximum atomic E-state index is 13.2. The van der Waals surface area contributed by atoms with E-state index < -0.39 is 5.91 Å². The molecule has 0 saturated heterocycles. The van der Waals surface area contributed by atoms with Crippen LogP contribution in [0.4, 0.5) is 5.69 Å². The number of nitrogens with zero attached hydrogens (tertiary/aromatic N) is 3. The molecule has 1 saturated carbocycles. The summed E-state index contributed by atoms with van der Waals surface area (Å²) in [5, 5.41) is 10.7. The molecule has 4 rings (SSSR count). The zero-order valence-corrected chi connectivity index (χ0v) is 21.2. The molecule has 1 aliphatic carbocycles. The zero-order valence-electron chi connectivity index (χ0n) is 16.5. The molecule has 0 radical (unpaired) electrons. The van der Waals surface area contributed by atoms with Gasteiger partial charge >= 0.3 is 0 Å². The van der Waals surface area contributed by atoms with Crippen molar-refractivity contribution in [3.63, 3.8) is 0 Å². The Labute approximate surface area is 211 Å². The second-order valence-electron chi connectivity index (χ2n) is 7.33. The molecule has 3 aromatic rings. The van der Waals surface area contributed by atoms with Gasteiger partial charge in [-0.15, -0.1) is 0 Å². The molecule has 0 atom stereocenters. The molecule has 0 spiro atoms. The number of benzene rings is 1. The standard InChI is InChI=1S/C21H17Br2Cl2N5O2/c22-14-9-12(24)8-13(20(31)27-7-5-11-3-4-11)18(14)28-21(32)16-10-17(23)29-30(16)19-15(25)2-1-6-26-19/h1-2,6,8-11H,3-5,7H2,(H,27,31)(H,28,32). The van der Waals surface area contributed by atoms with Gasteiger partial charge in [-0.25, -0.2) is 9.67 Å². The van der Waals surface area contributed by atoms with Gasteiger partial charge in [0.25, 0.3) is 11.8 Å². The Hall–Kier alpha value is -1.94. The molecule has 0 aliphatic heterocycles. The van der Waals surface area contributed by atoms with Crippen LogP contribution in [0.25, 0.3) is 5.82 Å². The first-order chi connectivity index (χ1) is 15.3. The van der Waals surface area contributed by atoms with E-state index in [1.807, 2.05) is 0 Å². The summed E-state index contributed by atoms with van der Waals surface area (Å²) in [5.74, 6) is 0.183. The minimum atomic E-state index is -0.500. The normalized spacial score (nSPS) is 13.1. The number of carbonyl (C=O) groups is 2. The van der Waals surface area contributed by atoms with Crippen LogP contribution >= 0.6 is 55.1 Å². The predicted octanol–water partition coefficient (Wildman–Crippen LogP) is 5.88. The van der Waals surface area contributed by atoms with E-state index in [0.717, 1.165) is 6.42 Å². The highest BCUT2D eigenvalue weighted by Gasteiger charge is 2.24.